The molecule has 1 saturated heterocycles. The van der Waals surface area contributed by atoms with Crippen LogP contribution in [0.5, 0.6) is 5.75 Å². The number of para-hydroxylation sites is 1. The number of amidine groups is 1. The van der Waals surface area contributed by atoms with E-state index in [1.807, 2.05) is 30.3 Å². The molecule has 0 atom stereocenters. The Balaban J connectivity index is 1.44. The van der Waals surface area contributed by atoms with Gasteiger partial charge in [0.05, 0.1) is 9.83 Å². The number of carbonyl (C=O) groups is 1. The van der Waals surface area contributed by atoms with E-state index in [4.69, 9.17) is 4.74 Å². The van der Waals surface area contributed by atoms with Crippen LogP contribution in [0.15, 0.2) is 58.4 Å². The number of benzene rings is 2. The van der Waals surface area contributed by atoms with E-state index in [9.17, 15) is 14.9 Å². The maximum atomic E-state index is 12.5. The van der Waals surface area contributed by atoms with Gasteiger partial charge in [-0.05, 0) is 60.4 Å². The van der Waals surface area contributed by atoms with Crippen molar-refractivity contribution in [3.05, 3.63) is 74.7 Å². The summed E-state index contributed by atoms with van der Waals surface area (Å²) in [4.78, 5) is 29.9. The summed E-state index contributed by atoms with van der Waals surface area (Å²) in [7, 11) is 0. The summed E-state index contributed by atoms with van der Waals surface area (Å²) >= 11 is 1.42. The van der Waals surface area contributed by atoms with Crippen LogP contribution in [-0.4, -0.2) is 34.0 Å². The number of hydrogen-bond donors (Lipinski definition) is 0. The molecule has 0 saturated carbocycles. The molecule has 0 radical (unpaired) electrons. The van der Waals surface area contributed by atoms with Crippen molar-refractivity contribution in [2.75, 3.05) is 13.1 Å². The van der Waals surface area contributed by atoms with Crippen LogP contribution in [0.4, 0.5) is 5.69 Å². The van der Waals surface area contributed by atoms with Crippen molar-refractivity contribution in [2.24, 2.45) is 10.9 Å². The van der Waals surface area contributed by atoms with Gasteiger partial charge in [-0.15, -0.1) is 0 Å². The van der Waals surface area contributed by atoms with Crippen LogP contribution in [0, 0.1) is 16.0 Å². The van der Waals surface area contributed by atoms with Crippen LogP contribution in [-0.2, 0) is 11.4 Å². The van der Waals surface area contributed by atoms with E-state index in [2.05, 4.69) is 16.8 Å². The van der Waals surface area contributed by atoms with Gasteiger partial charge in [0.25, 0.3) is 11.6 Å². The summed E-state index contributed by atoms with van der Waals surface area (Å²) in [5.41, 5.74) is 1.66. The quantitative estimate of drug-likeness (QED) is 0.377. The Morgan fingerprint density at radius 1 is 1.19 bits per heavy atom. The van der Waals surface area contributed by atoms with Crippen molar-refractivity contribution in [3.8, 4) is 5.75 Å². The highest BCUT2D eigenvalue weighted by Crippen LogP contribution is 2.34. The molecule has 7 nitrogen and oxygen atoms in total. The summed E-state index contributed by atoms with van der Waals surface area (Å²) in [5.74, 6) is 1.14. The molecular formula is C23H23N3O4S. The number of hydrogen-bond acceptors (Lipinski definition) is 6. The fourth-order valence-electron chi connectivity index (χ4n) is 3.48. The van der Waals surface area contributed by atoms with Crippen LogP contribution in [0.1, 0.15) is 30.9 Å². The number of non-ortho nitro benzene ring substituents is 1. The Hall–Kier alpha value is -3.13. The van der Waals surface area contributed by atoms with Gasteiger partial charge in [0.15, 0.2) is 5.17 Å². The molecule has 0 bridgehead atoms. The number of likely N-dealkylation sites (tertiary alicyclic amines) is 1. The molecule has 8 heteroatoms. The molecule has 2 aromatic carbocycles. The van der Waals surface area contributed by atoms with E-state index in [-0.39, 0.29) is 18.2 Å². The Morgan fingerprint density at radius 3 is 2.61 bits per heavy atom. The predicted octanol–water partition coefficient (Wildman–Crippen LogP) is 4.88. The van der Waals surface area contributed by atoms with Crippen molar-refractivity contribution in [1.82, 2.24) is 4.90 Å². The molecule has 0 aliphatic carbocycles. The van der Waals surface area contributed by atoms with Crippen LogP contribution in [0.25, 0.3) is 6.08 Å². The molecule has 2 aromatic rings. The average Bonchev–Trinajstić information content (AvgIpc) is 3.14. The normalized spacial score (nSPS) is 18.4. The lowest BCUT2D eigenvalue weighted by Crippen LogP contribution is -2.35. The SMILES string of the molecule is CC1CCN(C2=NC(=O)/C(=C/c3ccccc3OCc3ccc([N+](=O)[O-])cc3)S2)CC1. The number of thioether (sulfide) groups is 1. The topological polar surface area (TPSA) is 85.0 Å². The molecule has 4 rings (SSSR count). The summed E-state index contributed by atoms with van der Waals surface area (Å²) in [6.07, 6.45) is 4.06. The van der Waals surface area contributed by atoms with Crippen molar-refractivity contribution in [3.63, 3.8) is 0 Å². The van der Waals surface area contributed by atoms with Crippen molar-refractivity contribution in [1.29, 1.82) is 0 Å². The number of nitro groups is 1. The lowest BCUT2D eigenvalue weighted by Gasteiger charge is -2.30. The molecule has 0 N–H and O–H groups in total. The first kappa shape index (κ1) is 21.1. The summed E-state index contributed by atoms with van der Waals surface area (Å²) in [6.45, 7) is 4.39. The summed E-state index contributed by atoms with van der Waals surface area (Å²) in [6, 6.07) is 13.8. The number of ether oxygens (including phenoxy) is 1. The third-order valence-corrected chi connectivity index (χ3v) is 6.45. The average molecular weight is 438 g/mol. The fraction of sp³-hybridized carbons (Fsp3) is 0.304. The standard InChI is InChI=1S/C23H23N3O4S/c1-16-10-12-25(13-11-16)23-24-22(27)21(31-23)14-18-4-2-3-5-20(18)30-15-17-6-8-19(9-7-17)26(28)29/h2-9,14,16H,10-13,15H2,1H3/b21-14-. The van der Waals surface area contributed by atoms with Crippen molar-refractivity contribution < 1.29 is 14.5 Å². The Labute approximate surface area is 185 Å². The molecule has 1 amide bonds. The monoisotopic (exact) mass is 437 g/mol. The summed E-state index contributed by atoms with van der Waals surface area (Å²) < 4.78 is 5.94. The highest BCUT2D eigenvalue weighted by molar-refractivity contribution is 8.18. The van der Waals surface area contributed by atoms with Gasteiger partial charge < -0.3 is 9.64 Å². The molecule has 0 unspecified atom stereocenters. The minimum Gasteiger partial charge on any atom is -0.488 e. The third kappa shape index (κ3) is 5.14. The molecule has 160 valence electrons. The molecule has 31 heavy (non-hydrogen) atoms. The van der Waals surface area contributed by atoms with Gasteiger partial charge in [0.2, 0.25) is 0 Å². The van der Waals surface area contributed by atoms with Gasteiger partial charge >= 0.3 is 0 Å². The number of rotatable bonds is 5. The molecule has 1 fully saturated rings. The maximum Gasteiger partial charge on any atom is 0.286 e. The molecule has 2 aliphatic rings. The van der Waals surface area contributed by atoms with Crippen LogP contribution in [0.2, 0.25) is 0 Å². The first-order valence-electron chi connectivity index (χ1n) is 10.2. The number of aliphatic imine (C=N–C) groups is 1. The smallest absolute Gasteiger partial charge is 0.286 e. The van der Waals surface area contributed by atoms with E-state index in [1.54, 1.807) is 12.1 Å². The second-order valence-electron chi connectivity index (χ2n) is 7.73. The van der Waals surface area contributed by atoms with E-state index >= 15 is 0 Å². The lowest BCUT2D eigenvalue weighted by atomic mass is 10.00. The van der Waals surface area contributed by atoms with Crippen molar-refractivity contribution in [2.45, 2.75) is 26.4 Å². The second-order valence-corrected chi connectivity index (χ2v) is 8.74. The Morgan fingerprint density at radius 2 is 1.90 bits per heavy atom. The zero-order chi connectivity index (χ0) is 21.8. The third-order valence-electron chi connectivity index (χ3n) is 5.41. The van der Waals surface area contributed by atoms with Gasteiger partial charge in [-0.25, -0.2) is 0 Å². The number of carbonyl (C=O) groups excluding carboxylic acids is 1. The number of nitrogens with zero attached hydrogens (tertiary/aromatic N) is 3. The molecular weight excluding hydrogens is 414 g/mol. The zero-order valence-corrected chi connectivity index (χ0v) is 18.0. The van der Waals surface area contributed by atoms with Gasteiger partial charge in [-0.1, -0.05) is 25.1 Å². The van der Waals surface area contributed by atoms with Gasteiger partial charge in [0.1, 0.15) is 12.4 Å². The summed E-state index contributed by atoms with van der Waals surface area (Å²) in [5, 5.41) is 11.6. The second kappa shape index (κ2) is 9.34. The van der Waals surface area contributed by atoms with E-state index in [0.29, 0.717) is 16.6 Å². The van der Waals surface area contributed by atoms with Gasteiger partial charge in [-0.2, -0.15) is 4.99 Å². The van der Waals surface area contributed by atoms with Crippen LogP contribution < -0.4 is 4.74 Å². The zero-order valence-electron chi connectivity index (χ0n) is 17.2. The van der Waals surface area contributed by atoms with Crippen molar-refractivity contribution >= 4 is 34.6 Å². The number of piperidine rings is 1. The lowest BCUT2D eigenvalue weighted by molar-refractivity contribution is -0.384. The molecule has 2 heterocycles. The Kier molecular flexibility index (Phi) is 6.36. The minimum atomic E-state index is -0.427. The van der Waals surface area contributed by atoms with E-state index in [1.165, 1.54) is 23.9 Å². The highest BCUT2D eigenvalue weighted by Gasteiger charge is 2.28. The first-order chi connectivity index (χ1) is 15.0. The minimum absolute atomic E-state index is 0.0459. The highest BCUT2D eigenvalue weighted by atomic mass is 32.2. The largest absolute Gasteiger partial charge is 0.488 e. The first-order valence-corrected chi connectivity index (χ1v) is 11.0. The van der Waals surface area contributed by atoms with E-state index in [0.717, 1.165) is 42.2 Å². The van der Waals surface area contributed by atoms with Crippen LogP contribution >= 0.6 is 11.8 Å². The number of amides is 1. The maximum absolute atomic E-state index is 12.5. The Bertz CT molecular complexity index is 1040. The molecule has 2 aliphatic heterocycles. The van der Waals surface area contributed by atoms with Gasteiger partial charge in [-0.3, -0.25) is 14.9 Å². The fourth-order valence-corrected chi connectivity index (χ4v) is 4.44. The molecule has 0 spiro atoms. The van der Waals surface area contributed by atoms with Crippen LogP contribution in [0.3, 0.4) is 0 Å². The predicted molar refractivity (Wildman–Crippen MR) is 122 cm³/mol. The van der Waals surface area contributed by atoms with E-state index < -0.39 is 4.92 Å². The number of nitro benzene ring substituents is 1. The molecule has 0 aromatic heterocycles. The van der Waals surface area contributed by atoms with Gasteiger partial charge in [0, 0.05) is 30.8 Å².